The first-order valence-corrected chi connectivity index (χ1v) is 17.3. The van der Waals surface area contributed by atoms with Crippen LogP contribution in [0, 0.1) is 18.8 Å². The van der Waals surface area contributed by atoms with E-state index >= 15 is 0 Å². The molecular weight excluding hydrogens is 672 g/mol. The van der Waals surface area contributed by atoms with Crippen LogP contribution in [0.25, 0.3) is 0 Å². The van der Waals surface area contributed by atoms with Crippen LogP contribution in [-0.4, -0.2) is 89.4 Å². The van der Waals surface area contributed by atoms with Gasteiger partial charge >= 0.3 is 18.0 Å². The highest BCUT2D eigenvalue weighted by atomic mass is 16.5. The molecule has 0 spiro atoms. The Labute approximate surface area is 303 Å². The van der Waals surface area contributed by atoms with Gasteiger partial charge in [0.1, 0.15) is 24.2 Å². The molecular formula is C37H50N6O9. The van der Waals surface area contributed by atoms with Gasteiger partial charge in [-0.05, 0) is 67.3 Å². The first-order chi connectivity index (χ1) is 24.6. The van der Waals surface area contributed by atoms with E-state index in [1.54, 1.807) is 44.2 Å². The van der Waals surface area contributed by atoms with E-state index in [9.17, 15) is 38.7 Å². The highest BCUT2D eigenvalue weighted by Crippen LogP contribution is 2.21. The molecule has 0 aliphatic carbocycles. The van der Waals surface area contributed by atoms with E-state index in [1.165, 1.54) is 4.90 Å². The molecule has 0 aromatic heterocycles. The summed E-state index contributed by atoms with van der Waals surface area (Å²) in [6, 6.07) is 8.90. The molecule has 4 atom stereocenters. The number of hydrogen-bond acceptors (Lipinski definition) is 8. The van der Waals surface area contributed by atoms with Crippen LogP contribution in [0.1, 0.15) is 64.5 Å². The summed E-state index contributed by atoms with van der Waals surface area (Å²) in [6.45, 7) is 9.18. The minimum absolute atomic E-state index is 0.0503. The zero-order valence-electron chi connectivity index (χ0n) is 30.5. The number of anilines is 2. The minimum atomic E-state index is -1.46. The highest BCUT2D eigenvalue weighted by Gasteiger charge is 2.40. The lowest BCUT2D eigenvalue weighted by atomic mass is 10.00. The van der Waals surface area contributed by atoms with E-state index in [2.05, 4.69) is 26.6 Å². The first-order valence-electron chi connectivity index (χ1n) is 17.3. The van der Waals surface area contributed by atoms with Crippen molar-refractivity contribution in [1.29, 1.82) is 0 Å². The van der Waals surface area contributed by atoms with Crippen molar-refractivity contribution in [3.8, 4) is 0 Å². The number of benzene rings is 2. The molecule has 6 amide bonds. The Kier molecular flexibility index (Phi) is 15.1. The number of ether oxygens (including phenoxy) is 1. The summed E-state index contributed by atoms with van der Waals surface area (Å²) < 4.78 is 4.74. The molecule has 0 saturated carbocycles. The van der Waals surface area contributed by atoms with Crippen LogP contribution >= 0.6 is 0 Å². The molecule has 1 fully saturated rings. The molecule has 1 aliphatic heterocycles. The van der Waals surface area contributed by atoms with E-state index in [0.717, 1.165) is 12.7 Å². The van der Waals surface area contributed by atoms with E-state index in [4.69, 9.17) is 4.74 Å². The van der Waals surface area contributed by atoms with Crippen LogP contribution in [0.2, 0.25) is 0 Å². The third-order valence-corrected chi connectivity index (χ3v) is 8.61. The van der Waals surface area contributed by atoms with E-state index in [1.807, 2.05) is 39.0 Å². The van der Waals surface area contributed by atoms with Gasteiger partial charge in [-0.15, -0.1) is 0 Å². The van der Waals surface area contributed by atoms with Crippen LogP contribution < -0.4 is 26.6 Å². The molecule has 6 N–H and O–H groups in total. The number of hydrogen-bond donors (Lipinski definition) is 6. The van der Waals surface area contributed by atoms with Gasteiger partial charge in [0.25, 0.3) is 0 Å². The summed E-state index contributed by atoms with van der Waals surface area (Å²) in [5.74, 6) is -5.04. The Bertz CT molecular complexity index is 1610. The summed E-state index contributed by atoms with van der Waals surface area (Å²) >= 11 is 0. The van der Waals surface area contributed by atoms with Gasteiger partial charge in [0, 0.05) is 17.9 Å². The van der Waals surface area contributed by atoms with Gasteiger partial charge in [0.15, 0.2) is 0 Å². The number of likely N-dealkylation sites (tertiary alicyclic amines) is 1. The maximum atomic E-state index is 13.6. The topological polar surface area (TPSA) is 212 Å². The lowest BCUT2D eigenvalue weighted by Gasteiger charge is -2.31. The Balaban J connectivity index is 1.67. The molecule has 3 unspecified atom stereocenters. The minimum Gasteiger partial charge on any atom is -0.480 e. The van der Waals surface area contributed by atoms with Crippen molar-refractivity contribution in [2.24, 2.45) is 11.8 Å². The maximum absolute atomic E-state index is 13.6. The van der Waals surface area contributed by atoms with Crippen molar-refractivity contribution in [3.63, 3.8) is 0 Å². The highest BCUT2D eigenvalue weighted by molar-refractivity contribution is 6.00. The number of carboxylic acid groups (broad SMARTS) is 1. The molecule has 2 aromatic carbocycles. The predicted octanol–water partition coefficient (Wildman–Crippen LogP) is 2.98. The van der Waals surface area contributed by atoms with Crippen molar-refractivity contribution in [2.75, 3.05) is 24.3 Å². The number of carbonyl (C=O) groups is 7. The van der Waals surface area contributed by atoms with Gasteiger partial charge in [0.2, 0.25) is 23.6 Å². The smallest absolute Gasteiger partial charge is 0.326 e. The fraction of sp³-hybridized carbons (Fsp3) is 0.486. The molecule has 1 saturated heterocycles. The van der Waals surface area contributed by atoms with Crippen molar-refractivity contribution in [2.45, 2.75) is 90.9 Å². The monoisotopic (exact) mass is 722 g/mol. The van der Waals surface area contributed by atoms with E-state index < -0.39 is 78.1 Å². The summed E-state index contributed by atoms with van der Waals surface area (Å²) in [5, 5.41) is 23.0. The third-order valence-electron chi connectivity index (χ3n) is 8.61. The van der Waals surface area contributed by atoms with Gasteiger partial charge in [-0.25, -0.2) is 9.59 Å². The van der Waals surface area contributed by atoms with E-state index in [-0.39, 0.29) is 25.3 Å². The van der Waals surface area contributed by atoms with Crippen molar-refractivity contribution in [1.82, 2.24) is 20.9 Å². The fourth-order valence-electron chi connectivity index (χ4n) is 5.80. The number of nitrogens with one attached hydrogen (secondary N) is 5. The predicted molar refractivity (Wildman–Crippen MR) is 193 cm³/mol. The van der Waals surface area contributed by atoms with Crippen LogP contribution in [-0.2, 0) is 39.9 Å². The maximum Gasteiger partial charge on any atom is 0.326 e. The molecule has 15 heteroatoms. The van der Waals surface area contributed by atoms with Crippen molar-refractivity contribution in [3.05, 3.63) is 59.7 Å². The Hall–Kier alpha value is -5.47. The normalized spacial score (nSPS) is 15.6. The molecule has 3 rings (SSSR count). The molecule has 1 aliphatic rings. The molecule has 282 valence electrons. The van der Waals surface area contributed by atoms with Gasteiger partial charge in [-0.2, -0.15) is 0 Å². The van der Waals surface area contributed by atoms with Gasteiger partial charge in [-0.3, -0.25) is 24.0 Å². The second-order valence-corrected chi connectivity index (χ2v) is 13.6. The summed E-state index contributed by atoms with van der Waals surface area (Å²) in [7, 11) is 1.13. The fourth-order valence-corrected chi connectivity index (χ4v) is 5.80. The number of amides is 6. The average Bonchev–Trinajstić information content (AvgIpc) is 3.58. The number of methoxy groups -OCH3 is 1. The lowest BCUT2D eigenvalue weighted by Crippen LogP contribution is -2.59. The van der Waals surface area contributed by atoms with Crippen molar-refractivity contribution < 1.29 is 43.4 Å². The first kappa shape index (κ1) is 41.0. The number of carboxylic acids is 1. The van der Waals surface area contributed by atoms with Crippen molar-refractivity contribution >= 4 is 53.0 Å². The zero-order chi connectivity index (χ0) is 38.5. The second-order valence-electron chi connectivity index (χ2n) is 13.6. The largest absolute Gasteiger partial charge is 0.480 e. The lowest BCUT2D eigenvalue weighted by molar-refractivity contribution is -0.150. The quantitative estimate of drug-likeness (QED) is 0.140. The zero-order valence-corrected chi connectivity index (χ0v) is 30.5. The van der Waals surface area contributed by atoms with Crippen LogP contribution in [0.4, 0.5) is 16.2 Å². The number of rotatable bonds is 16. The summed E-state index contributed by atoms with van der Waals surface area (Å²) in [4.78, 5) is 91.4. The second kappa shape index (κ2) is 19.2. The van der Waals surface area contributed by atoms with Gasteiger partial charge < -0.3 is 41.3 Å². The molecule has 0 radical (unpaired) electrons. The van der Waals surface area contributed by atoms with Gasteiger partial charge in [0.05, 0.1) is 20.0 Å². The Morgan fingerprint density at radius 2 is 1.52 bits per heavy atom. The number of nitrogens with zero attached hydrogens (tertiary/aromatic N) is 1. The van der Waals surface area contributed by atoms with Crippen LogP contribution in [0.3, 0.4) is 0 Å². The number of para-hydroxylation sites is 1. The number of carbonyl (C=O) groups excluding carboxylic acids is 6. The van der Waals surface area contributed by atoms with E-state index in [0.29, 0.717) is 29.8 Å². The Morgan fingerprint density at radius 1 is 0.865 bits per heavy atom. The molecule has 52 heavy (non-hydrogen) atoms. The third kappa shape index (κ3) is 12.1. The standard InChI is InChI=1S/C37H50N6O9/c1-21(2)18-27(39-30(44)19-24-13-15-25(16-14-24)38-37(51)41-26-11-8-7-10-23(26)5)33(46)40-28(20-31(45)52-6)34(47)42-32(22(3)4)35(48)43-17-9-12-29(43)36(49)50/h7-8,10-11,13-16,21-22,27-29,32H,9,12,17-20H2,1-6H3,(H,39,44)(H,40,46)(H,42,47)(H,49,50)(H2,38,41,51)/t27?,28?,29-,32?/m0/s1. The molecule has 2 aromatic rings. The average molecular weight is 723 g/mol. The van der Waals surface area contributed by atoms with Gasteiger partial charge in [-0.1, -0.05) is 58.0 Å². The summed E-state index contributed by atoms with van der Waals surface area (Å²) in [5.41, 5.74) is 2.70. The Morgan fingerprint density at radius 3 is 2.12 bits per heavy atom. The number of urea groups is 1. The molecule has 0 bridgehead atoms. The number of aliphatic carboxylic acids is 1. The van der Waals surface area contributed by atoms with Crippen LogP contribution in [0.5, 0.6) is 0 Å². The summed E-state index contributed by atoms with van der Waals surface area (Å²) in [6.07, 6.45) is 0.360. The SMILES string of the molecule is COC(=O)CC(NC(=O)C(CC(C)C)NC(=O)Cc1ccc(NC(=O)Nc2ccccc2C)cc1)C(=O)NC(C(=O)N1CCC[C@H]1C(=O)O)C(C)C. The number of esters is 1. The van der Waals surface area contributed by atoms with Crippen LogP contribution in [0.15, 0.2) is 48.5 Å². The molecule has 1 heterocycles. The molecule has 15 nitrogen and oxygen atoms in total. The number of aryl methyl sites for hydroxylation is 1.